The molecule has 0 saturated carbocycles. The Morgan fingerprint density at radius 3 is 2.30 bits per heavy atom. The maximum atomic E-state index is 13.9. The van der Waals surface area contributed by atoms with Crippen molar-refractivity contribution in [2.24, 2.45) is 0 Å². The smallest absolute Gasteiger partial charge is 0.264 e. The van der Waals surface area contributed by atoms with Gasteiger partial charge in [-0.25, -0.2) is 8.42 Å². The number of hydrogen-bond donors (Lipinski definition) is 1. The van der Waals surface area contributed by atoms with E-state index in [4.69, 9.17) is 16.3 Å². The van der Waals surface area contributed by atoms with Gasteiger partial charge < -0.3 is 15.0 Å². The van der Waals surface area contributed by atoms with Gasteiger partial charge in [0.2, 0.25) is 11.8 Å². The summed E-state index contributed by atoms with van der Waals surface area (Å²) in [5, 5.41) is 3.21. The van der Waals surface area contributed by atoms with Crippen molar-refractivity contribution in [1.29, 1.82) is 0 Å². The highest BCUT2D eigenvalue weighted by atomic mass is 79.9. The quantitative estimate of drug-likeness (QED) is 0.258. The molecule has 3 aromatic carbocycles. The maximum Gasteiger partial charge on any atom is 0.264 e. The number of hydrogen-bond acceptors (Lipinski definition) is 5. The van der Waals surface area contributed by atoms with E-state index in [1.807, 2.05) is 38.1 Å². The molecule has 0 bridgehead atoms. The van der Waals surface area contributed by atoms with Gasteiger partial charge in [0.1, 0.15) is 18.3 Å². The van der Waals surface area contributed by atoms with Gasteiger partial charge in [0.15, 0.2) is 0 Å². The third-order valence-corrected chi connectivity index (χ3v) is 8.61. The number of rotatable bonds is 13. The highest BCUT2D eigenvalue weighted by molar-refractivity contribution is 9.10. The van der Waals surface area contributed by atoms with E-state index in [2.05, 4.69) is 21.2 Å². The number of carbonyl (C=O) groups excluding carboxylic acids is 2. The summed E-state index contributed by atoms with van der Waals surface area (Å²) in [6.45, 7) is 5.91. The molecule has 1 atom stereocenters. The van der Waals surface area contributed by atoms with Crippen LogP contribution in [0.15, 0.2) is 82.2 Å². The average Bonchev–Trinajstić information content (AvgIpc) is 2.93. The van der Waals surface area contributed by atoms with E-state index in [0.717, 1.165) is 20.8 Å². The van der Waals surface area contributed by atoms with Crippen molar-refractivity contribution in [3.8, 4) is 5.75 Å². The summed E-state index contributed by atoms with van der Waals surface area (Å²) in [4.78, 5) is 28.2. The molecule has 0 aromatic heterocycles. The second-order valence-corrected chi connectivity index (χ2v) is 12.2. The van der Waals surface area contributed by atoms with Gasteiger partial charge in [-0.15, -0.1) is 0 Å². The number of amides is 2. The van der Waals surface area contributed by atoms with Gasteiger partial charge in [0.05, 0.1) is 17.2 Å². The van der Waals surface area contributed by atoms with Crippen molar-refractivity contribution in [3.63, 3.8) is 0 Å². The van der Waals surface area contributed by atoms with E-state index in [1.165, 1.54) is 29.2 Å². The number of ether oxygens (including phenoxy) is 1. The van der Waals surface area contributed by atoms with Crippen LogP contribution in [-0.2, 0) is 26.2 Å². The molecule has 11 heteroatoms. The largest absolute Gasteiger partial charge is 0.494 e. The number of halogens is 2. The summed E-state index contributed by atoms with van der Waals surface area (Å²) >= 11 is 9.44. The van der Waals surface area contributed by atoms with E-state index in [0.29, 0.717) is 23.9 Å². The highest BCUT2D eigenvalue weighted by Gasteiger charge is 2.32. The standard InChI is InChI=1S/C29H33BrClN3O5S/c1-4-17-32-29(36)21(3)33(19-22-7-6-8-23(30)18-22)28(35)20-34(25-11-13-26(14-12-25)39-5-2)40(37,38)27-15-9-24(31)10-16-27/h6-16,18,21H,4-5,17,19-20H2,1-3H3,(H,32,36)/t21-/m0/s1. The fourth-order valence-electron chi connectivity index (χ4n) is 3.95. The Bertz CT molecular complexity index is 1400. The molecule has 1 N–H and O–H groups in total. The van der Waals surface area contributed by atoms with Gasteiger partial charge in [-0.3, -0.25) is 13.9 Å². The van der Waals surface area contributed by atoms with E-state index in [-0.39, 0.29) is 23.0 Å². The van der Waals surface area contributed by atoms with Crippen LogP contribution in [0.25, 0.3) is 0 Å². The van der Waals surface area contributed by atoms with E-state index < -0.39 is 28.5 Å². The first-order chi connectivity index (χ1) is 19.1. The molecule has 2 amide bonds. The van der Waals surface area contributed by atoms with E-state index in [9.17, 15) is 18.0 Å². The third-order valence-electron chi connectivity index (χ3n) is 6.07. The van der Waals surface area contributed by atoms with Crippen molar-refractivity contribution >= 4 is 55.1 Å². The molecule has 0 saturated heterocycles. The highest BCUT2D eigenvalue weighted by Crippen LogP contribution is 2.27. The number of sulfonamides is 1. The lowest BCUT2D eigenvalue weighted by Crippen LogP contribution is -2.51. The predicted molar refractivity (Wildman–Crippen MR) is 161 cm³/mol. The van der Waals surface area contributed by atoms with Gasteiger partial charge in [0, 0.05) is 22.6 Å². The molecular weight excluding hydrogens is 618 g/mol. The number of benzene rings is 3. The Morgan fingerprint density at radius 1 is 1.02 bits per heavy atom. The first kappa shape index (κ1) is 31.4. The van der Waals surface area contributed by atoms with Crippen molar-refractivity contribution < 1.29 is 22.7 Å². The van der Waals surface area contributed by atoms with Crippen LogP contribution in [0, 0.1) is 0 Å². The fourth-order valence-corrected chi connectivity index (χ4v) is 5.94. The zero-order chi connectivity index (χ0) is 29.3. The van der Waals surface area contributed by atoms with Crippen molar-refractivity contribution in [2.45, 2.75) is 44.7 Å². The Hall–Kier alpha value is -3.08. The molecule has 40 heavy (non-hydrogen) atoms. The summed E-state index contributed by atoms with van der Waals surface area (Å²) < 4.78 is 35.1. The van der Waals surface area contributed by atoms with Crippen molar-refractivity contribution in [3.05, 3.63) is 87.9 Å². The Morgan fingerprint density at radius 2 is 1.70 bits per heavy atom. The van der Waals surface area contributed by atoms with Crippen LogP contribution < -0.4 is 14.4 Å². The first-order valence-electron chi connectivity index (χ1n) is 12.9. The van der Waals surface area contributed by atoms with Gasteiger partial charge >= 0.3 is 0 Å². The fraction of sp³-hybridized carbons (Fsp3) is 0.310. The number of nitrogens with one attached hydrogen (secondary N) is 1. The summed E-state index contributed by atoms with van der Waals surface area (Å²) in [5.74, 6) is -0.289. The topological polar surface area (TPSA) is 96.0 Å². The summed E-state index contributed by atoms with van der Waals surface area (Å²) in [5.41, 5.74) is 1.06. The van der Waals surface area contributed by atoms with Gasteiger partial charge in [0.25, 0.3) is 10.0 Å². The molecule has 0 aliphatic rings. The summed E-state index contributed by atoms with van der Waals surface area (Å²) in [6, 6.07) is 18.7. The lowest BCUT2D eigenvalue weighted by atomic mass is 10.1. The minimum atomic E-state index is -4.19. The average molecular weight is 651 g/mol. The van der Waals surface area contributed by atoms with Crippen LogP contribution in [0.3, 0.4) is 0 Å². The Labute approximate surface area is 249 Å². The summed E-state index contributed by atoms with van der Waals surface area (Å²) in [7, 11) is -4.19. The SMILES string of the molecule is CCCNC(=O)[C@H](C)N(Cc1cccc(Br)c1)C(=O)CN(c1ccc(OCC)cc1)S(=O)(=O)c1ccc(Cl)cc1. The molecule has 0 aliphatic carbocycles. The lowest BCUT2D eigenvalue weighted by molar-refractivity contribution is -0.139. The lowest BCUT2D eigenvalue weighted by Gasteiger charge is -2.32. The monoisotopic (exact) mass is 649 g/mol. The molecule has 0 heterocycles. The normalized spacial score (nSPS) is 11.9. The second-order valence-electron chi connectivity index (χ2n) is 9.01. The zero-order valence-electron chi connectivity index (χ0n) is 22.6. The first-order valence-corrected chi connectivity index (χ1v) is 15.5. The summed E-state index contributed by atoms with van der Waals surface area (Å²) in [6.07, 6.45) is 0.739. The zero-order valence-corrected chi connectivity index (χ0v) is 25.8. The van der Waals surface area contributed by atoms with E-state index in [1.54, 1.807) is 31.2 Å². The maximum absolute atomic E-state index is 13.9. The number of carbonyl (C=O) groups is 2. The minimum absolute atomic E-state index is 0.0224. The van der Waals surface area contributed by atoms with Gasteiger partial charge in [-0.05, 0) is 86.5 Å². The van der Waals surface area contributed by atoms with Gasteiger partial charge in [-0.1, -0.05) is 46.6 Å². The Kier molecular flexibility index (Phi) is 11.4. The molecular formula is C29H33BrClN3O5S. The molecule has 214 valence electrons. The van der Waals surface area contributed by atoms with Crippen LogP contribution in [0.4, 0.5) is 5.69 Å². The van der Waals surface area contributed by atoms with Crippen molar-refractivity contribution in [2.75, 3.05) is 24.0 Å². The van der Waals surface area contributed by atoms with E-state index >= 15 is 0 Å². The van der Waals surface area contributed by atoms with Crippen LogP contribution in [-0.4, -0.2) is 50.9 Å². The predicted octanol–water partition coefficient (Wildman–Crippen LogP) is 5.64. The molecule has 0 fully saturated rings. The molecule has 0 radical (unpaired) electrons. The molecule has 0 unspecified atom stereocenters. The minimum Gasteiger partial charge on any atom is -0.494 e. The Balaban J connectivity index is 2.02. The van der Waals surface area contributed by atoms with Gasteiger partial charge in [-0.2, -0.15) is 0 Å². The van der Waals surface area contributed by atoms with Crippen LogP contribution in [0.1, 0.15) is 32.8 Å². The number of nitrogens with zero attached hydrogens (tertiary/aromatic N) is 2. The van der Waals surface area contributed by atoms with Crippen LogP contribution in [0.5, 0.6) is 5.75 Å². The molecule has 3 aromatic rings. The number of anilines is 1. The molecule has 0 spiro atoms. The third kappa shape index (κ3) is 8.22. The van der Waals surface area contributed by atoms with Crippen molar-refractivity contribution in [1.82, 2.24) is 10.2 Å². The molecule has 8 nitrogen and oxygen atoms in total. The van der Waals surface area contributed by atoms with Crippen LogP contribution in [0.2, 0.25) is 5.02 Å². The molecule has 3 rings (SSSR count). The molecule has 0 aliphatic heterocycles. The van der Waals surface area contributed by atoms with Crippen LogP contribution >= 0.6 is 27.5 Å². The second kappa shape index (κ2) is 14.5.